The predicted molar refractivity (Wildman–Crippen MR) is 71.4 cm³/mol. The maximum absolute atomic E-state index is 13.6. The fourth-order valence-electron chi connectivity index (χ4n) is 1.56. The van der Waals surface area contributed by atoms with Gasteiger partial charge in [-0.3, -0.25) is 10.1 Å². The lowest BCUT2D eigenvalue weighted by Crippen LogP contribution is -2.02. The third kappa shape index (κ3) is 3.52. The second kappa shape index (κ2) is 6.13. The van der Waals surface area contributed by atoms with Crippen LogP contribution in [0.3, 0.4) is 0 Å². The van der Waals surface area contributed by atoms with Crippen molar-refractivity contribution >= 4 is 21.6 Å². The first-order chi connectivity index (χ1) is 9.88. The average Bonchev–Trinajstić information content (AvgIpc) is 2.40. The summed E-state index contributed by atoms with van der Waals surface area (Å²) in [6.45, 7) is -0.340. The molecule has 4 nitrogen and oxygen atoms in total. The predicted octanol–water partition coefficient (Wildman–Crippen LogP) is 4.35. The molecule has 0 atom stereocenters. The summed E-state index contributed by atoms with van der Waals surface area (Å²) in [4.78, 5) is 9.40. The van der Waals surface area contributed by atoms with E-state index in [2.05, 4.69) is 15.9 Å². The number of ether oxygens (including phenoxy) is 1. The van der Waals surface area contributed by atoms with Crippen molar-refractivity contribution in [3.05, 3.63) is 67.9 Å². The quantitative estimate of drug-likeness (QED) is 0.600. The smallest absolute Gasteiger partial charge is 0.307 e. The van der Waals surface area contributed by atoms with E-state index in [1.807, 2.05) is 0 Å². The number of halogens is 4. The highest BCUT2D eigenvalue weighted by molar-refractivity contribution is 9.10. The summed E-state index contributed by atoms with van der Waals surface area (Å²) in [6.07, 6.45) is 0. The normalized spacial score (nSPS) is 10.5. The summed E-state index contributed by atoms with van der Waals surface area (Å²) in [5.41, 5.74) is -0.856. The Kier molecular flexibility index (Phi) is 4.46. The molecule has 0 spiro atoms. The van der Waals surface area contributed by atoms with Crippen LogP contribution in [0.2, 0.25) is 0 Å². The molecule has 0 aliphatic rings. The third-order valence-electron chi connectivity index (χ3n) is 2.60. The van der Waals surface area contributed by atoms with Crippen LogP contribution in [-0.4, -0.2) is 4.92 Å². The van der Waals surface area contributed by atoms with E-state index in [-0.39, 0.29) is 12.2 Å². The van der Waals surface area contributed by atoms with Gasteiger partial charge >= 0.3 is 5.69 Å². The van der Waals surface area contributed by atoms with Crippen molar-refractivity contribution in [3.63, 3.8) is 0 Å². The maximum Gasteiger partial charge on any atom is 0.307 e. The van der Waals surface area contributed by atoms with Crippen LogP contribution in [0.4, 0.5) is 18.9 Å². The molecule has 0 heterocycles. The van der Waals surface area contributed by atoms with Crippen LogP contribution in [0, 0.1) is 27.6 Å². The Hall–Kier alpha value is -2.09. The lowest BCUT2D eigenvalue weighted by atomic mass is 10.2. The molecule has 0 radical (unpaired) electrons. The summed E-state index contributed by atoms with van der Waals surface area (Å²) in [7, 11) is 0. The molecule has 0 aliphatic carbocycles. The minimum atomic E-state index is -1.23. The van der Waals surface area contributed by atoms with E-state index in [0.29, 0.717) is 16.6 Å². The first-order valence-electron chi connectivity index (χ1n) is 5.58. The van der Waals surface area contributed by atoms with Gasteiger partial charge in [-0.2, -0.15) is 4.39 Å². The minimum Gasteiger partial charge on any atom is -0.486 e. The molecule has 0 aliphatic heterocycles. The van der Waals surface area contributed by atoms with Crippen LogP contribution >= 0.6 is 15.9 Å². The summed E-state index contributed by atoms with van der Waals surface area (Å²) in [6, 6.07) is 5.16. The Morgan fingerprint density at radius 2 is 1.81 bits per heavy atom. The van der Waals surface area contributed by atoms with Gasteiger partial charge in [-0.25, -0.2) is 8.78 Å². The van der Waals surface area contributed by atoms with Crippen molar-refractivity contribution in [1.82, 2.24) is 0 Å². The topological polar surface area (TPSA) is 52.4 Å². The van der Waals surface area contributed by atoms with Gasteiger partial charge in [0.25, 0.3) is 0 Å². The number of rotatable bonds is 4. The van der Waals surface area contributed by atoms with Crippen molar-refractivity contribution in [1.29, 1.82) is 0 Å². The van der Waals surface area contributed by atoms with Crippen molar-refractivity contribution < 1.29 is 22.8 Å². The van der Waals surface area contributed by atoms with Gasteiger partial charge in [0.2, 0.25) is 5.82 Å². The van der Waals surface area contributed by atoms with Gasteiger partial charge in [0.15, 0.2) is 11.6 Å². The Bertz CT molecular complexity index is 709. The summed E-state index contributed by atoms with van der Waals surface area (Å²) < 4.78 is 46.0. The monoisotopic (exact) mass is 361 g/mol. The average molecular weight is 362 g/mol. The standard InChI is InChI=1S/C13H7BrF3NO3/c14-8-2-1-7(9(15)3-8)6-21-13-5-10(16)12(18(19)20)4-11(13)17/h1-5H,6H2. The molecule has 8 heteroatoms. The van der Waals surface area contributed by atoms with Gasteiger partial charge < -0.3 is 4.74 Å². The van der Waals surface area contributed by atoms with E-state index in [1.54, 1.807) is 6.07 Å². The number of hydrogen-bond donors (Lipinski definition) is 0. The molecule has 2 aromatic rings. The molecular formula is C13H7BrF3NO3. The van der Waals surface area contributed by atoms with Gasteiger partial charge in [-0.15, -0.1) is 0 Å². The summed E-state index contributed by atoms with van der Waals surface area (Å²) in [5.74, 6) is -3.43. The lowest BCUT2D eigenvalue weighted by Gasteiger charge is -2.08. The van der Waals surface area contributed by atoms with Crippen LogP contribution in [-0.2, 0) is 6.61 Å². The molecule has 0 unspecified atom stereocenters. The molecule has 0 fully saturated rings. The Balaban J connectivity index is 2.20. The number of hydrogen-bond acceptors (Lipinski definition) is 3. The van der Waals surface area contributed by atoms with E-state index >= 15 is 0 Å². The first kappa shape index (κ1) is 15.3. The number of benzene rings is 2. The van der Waals surface area contributed by atoms with Gasteiger partial charge in [0, 0.05) is 16.1 Å². The van der Waals surface area contributed by atoms with E-state index in [9.17, 15) is 23.3 Å². The van der Waals surface area contributed by atoms with Gasteiger partial charge in [0.1, 0.15) is 12.4 Å². The highest BCUT2D eigenvalue weighted by Crippen LogP contribution is 2.27. The van der Waals surface area contributed by atoms with Crippen molar-refractivity contribution in [2.45, 2.75) is 6.61 Å². The highest BCUT2D eigenvalue weighted by atomic mass is 79.9. The van der Waals surface area contributed by atoms with E-state index < -0.39 is 33.8 Å². The van der Waals surface area contributed by atoms with E-state index in [1.165, 1.54) is 12.1 Å². The van der Waals surface area contributed by atoms with Gasteiger partial charge in [-0.05, 0) is 12.1 Å². The first-order valence-corrected chi connectivity index (χ1v) is 6.38. The zero-order valence-corrected chi connectivity index (χ0v) is 11.9. The van der Waals surface area contributed by atoms with Crippen molar-refractivity contribution in [2.24, 2.45) is 0 Å². The zero-order valence-electron chi connectivity index (χ0n) is 10.3. The SMILES string of the molecule is O=[N+]([O-])c1cc(F)c(OCc2ccc(Br)cc2F)cc1F. The highest BCUT2D eigenvalue weighted by Gasteiger charge is 2.19. The summed E-state index contributed by atoms with van der Waals surface area (Å²) >= 11 is 3.08. The van der Waals surface area contributed by atoms with Crippen LogP contribution < -0.4 is 4.74 Å². The molecule has 0 amide bonds. The second-order valence-electron chi connectivity index (χ2n) is 4.02. The lowest BCUT2D eigenvalue weighted by molar-refractivity contribution is -0.387. The maximum atomic E-state index is 13.6. The van der Waals surface area contributed by atoms with Crippen molar-refractivity contribution in [2.75, 3.05) is 0 Å². The minimum absolute atomic E-state index is 0.136. The van der Waals surface area contributed by atoms with Gasteiger partial charge in [0.05, 0.1) is 11.0 Å². The molecule has 110 valence electrons. The molecular weight excluding hydrogens is 355 g/mol. The Morgan fingerprint density at radius 3 is 2.43 bits per heavy atom. The second-order valence-corrected chi connectivity index (χ2v) is 4.93. The molecule has 0 aromatic heterocycles. The number of nitrogens with zero attached hydrogens (tertiary/aromatic N) is 1. The fourth-order valence-corrected chi connectivity index (χ4v) is 1.90. The summed E-state index contributed by atoms with van der Waals surface area (Å²) in [5, 5.41) is 10.4. The largest absolute Gasteiger partial charge is 0.486 e. The van der Waals surface area contributed by atoms with Crippen LogP contribution in [0.25, 0.3) is 0 Å². The number of nitro benzene ring substituents is 1. The zero-order chi connectivity index (χ0) is 15.6. The molecule has 0 saturated carbocycles. The Labute approximate surface area is 125 Å². The van der Waals surface area contributed by atoms with Gasteiger partial charge in [-0.1, -0.05) is 22.0 Å². The molecule has 2 aromatic carbocycles. The Morgan fingerprint density at radius 1 is 1.10 bits per heavy atom. The molecule has 21 heavy (non-hydrogen) atoms. The number of nitro groups is 1. The van der Waals surface area contributed by atoms with Crippen molar-refractivity contribution in [3.8, 4) is 5.75 Å². The fraction of sp³-hybridized carbons (Fsp3) is 0.0769. The molecule has 0 N–H and O–H groups in total. The molecule has 0 bridgehead atoms. The van der Waals surface area contributed by atoms with Crippen LogP contribution in [0.5, 0.6) is 5.75 Å². The third-order valence-corrected chi connectivity index (χ3v) is 3.09. The molecule has 0 saturated heterocycles. The molecule has 2 rings (SSSR count). The van der Waals surface area contributed by atoms with Crippen LogP contribution in [0.15, 0.2) is 34.8 Å². The van der Waals surface area contributed by atoms with E-state index in [4.69, 9.17) is 4.74 Å². The van der Waals surface area contributed by atoms with Crippen LogP contribution in [0.1, 0.15) is 5.56 Å². The van der Waals surface area contributed by atoms with E-state index in [0.717, 1.165) is 0 Å².